The Kier molecular flexibility index (Phi) is 3.12. The van der Waals surface area contributed by atoms with E-state index in [4.69, 9.17) is 4.74 Å². The highest BCUT2D eigenvalue weighted by molar-refractivity contribution is 5.56. The molecule has 0 aliphatic carbocycles. The van der Waals surface area contributed by atoms with E-state index in [1.54, 1.807) is 23.1 Å². The fourth-order valence-electron chi connectivity index (χ4n) is 1.95. The van der Waals surface area contributed by atoms with Crippen molar-refractivity contribution in [3.8, 4) is 11.6 Å². The number of hydrogen-bond donors (Lipinski definition) is 1. The van der Waals surface area contributed by atoms with Crippen LogP contribution in [0.3, 0.4) is 0 Å². The summed E-state index contributed by atoms with van der Waals surface area (Å²) in [5, 5.41) is 7.27. The molecule has 0 fully saturated rings. The Balaban J connectivity index is 1.92. The van der Waals surface area contributed by atoms with Crippen LogP contribution >= 0.6 is 0 Å². The molecule has 5 nitrogen and oxygen atoms in total. The van der Waals surface area contributed by atoms with Crippen LogP contribution in [0.4, 0.5) is 0 Å². The van der Waals surface area contributed by atoms with E-state index in [0.29, 0.717) is 5.88 Å². The van der Waals surface area contributed by atoms with Crippen molar-refractivity contribution in [3.05, 3.63) is 54.5 Å². The molecule has 2 heterocycles. The van der Waals surface area contributed by atoms with Crippen molar-refractivity contribution in [1.29, 1.82) is 0 Å². The zero-order chi connectivity index (χ0) is 13.1. The van der Waals surface area contributed by atoms with Crippen LogP contribution in [-0.4, -0.2) is 21.6 Å². The van der Waals surface area contributed by atoms with E-state index in [1.165, 1.54) is 5.56 Å². The van der Waals surface area contributed by atoms with E-state index < -0.39 is 0 Å². The van der Waals surface area contributed by atoms with Gasteiger partial charge >= 0.3 is 0 Å². The van der Waals surface area contributed by atoms with Crippen LogP contribution in [0.25, 0.3) is 5.52 Å². The maximum Gasteiger partial charge on any atom is 0.245 e. The Hall–Kier alpha value is -2.40. The lowest BCUT2D eigenvalue weighted by molar-refractivity contribution is 0.464. The van der Waals surface area contributed by atoms with Gasteiger partial charge in [0.1, 0.15) is 11.3 Å². The average Bonchev–Trinajstić information content (AvgIpc) is 2.89. The third-order valence-corrected chi connectivity index (χ3v) is 2.78. The van der Waals surface area contributed by atoms with E-state index in [9.17, 15) is 0 Å². The minimum atomic E-state index is 0.557. The van der Waals surface area contributed by atoms with Crippen molar-refractivity contribution in [2.45, 2.75) is 6.54 Å². The van der Waals surface area contributed by atoms with Crippen molar-refractivity contribution in [3.63, 3.8) is 0 Å². The van der Waals surface area contributed by atoms with Gasteiger partial charge in [-0.3, -0.25) is 0 Å². The predicted molar refractivity (Wildman–Crippen MR) is 72.3 cm³/mol. The maximum atomic E-state index is 5.84. The SMILES string of the molecule is CNCc1cccc(Oc2nccn3nccc23)c1. The van der Waals surface area contributed by atoms with Gasteiger partial charge in [0, 0.05) is 18.9 Å². The molecule has 0 unspecified atom stereocenters. The zero-order valence-corrected chi connectivity index (χ0v) is 10.6. The molecule has 0 saturated carbocycles. The third-order valence-electron chi connectivity index (χ3n) is 2.78. The monoisotopic (exact) mass is 254 g/mol. The third kappa shape index (κ3) is 2.41. The van der Waals surface area contributed by atoms with Gasteiger partial charge in [-0.1, -0.05) is 12.1 Å². The van der Waals surface area contributed by atoms with Crippen LogP contribution in [-0.2, 0) is 6.54 Å². The molecule has 5 heteroatoms. The van der Waals surface area contributed by atoms with Crippen molar-refractivity contribution in [2.24, 2.45) is 0 Å². The fourth-order valence-corrected chi connectivity index (χ4v) is 1.95. The lowest BCUT2D eigenvalue weighted by atomic mass is 10.2. The van der Waals surface area contributed by atoms with E-state index in [0.717, 1.165) is 17.8 Å². The molecule has 1 aromatic carbocycles. The largest absolute Gasteiger partial charge is 0.437 e. The van der Waals surface area contributed by atoms with Gasteiger partial charge in [0.25, 0.3) is 0 Å². The number of aromatic nitrogens is 3. The predicted octanol–water partition coefficient (Wildman–Crippen LogP) is 2.24. The molecule has 0 aliphatic heterocycles. The van der Waals surface area contributed by atoms with Crippen molar-refractivity contribution in [1.82, 2.24) is 19.9 Å². The molecule has 3 rings (SSSR count). The second-order valence-electron chi connectivity index (χ2n) is 4.17. The summed E-state index contributed by atoms with van der Waals surface area (Å²) in [5.41, 5.74) is 2.02. The first-order valence-corrected chi connectivity index (χ1v) is 6.06. The van der Waals surface area contributed by atoms with Crippen molar-refractivity contribution >= 4 is 5.52 Å². The molecule has 0 aliphatic rings. The standard InChI is InChI=1S/C14H14N4O/c1-15-10-11-3-2-4-12(9-11)19-14-13-5-6-17-18(13)8-7-16-14/h2-9,15H,10H2,1H3. The molecule has 3 aromatic rings. The van der Waals surface area contributed by atoms with Gasteiger partial charge in [0.2, 0.25) is 5.88 Å². The minimum absolute atomic E-state index is 0.557. The first-order chi connectivity index (χ1) is 9.36. The first kappa shape index (κ1) is 11.7. The first-order valence-electron chi connectivity index (χ1n) is 6.06. The molecule has 0 spiro atoms. The molecule has 1 N–H and O–H groups in total. The Labute approximate surface area is 110 Å². The van der Waals surface area contributed by atoms with Gasteiger partial charge in [-0.25, -0.2) is 9.50 Å². The van der Waals surface area contributed by atoms with Crippen LogP contribution < -0.4 is 10.1 Å². The highest BCUT2D eigenvalue weighted by atomic mass is 16.5. The fraction of sp³-hybridized carbons (Fsp3) is 0.143. The van der Waals surface area contributed by atoms with Gasteiger partial charge in [0.15, 0.2) is 0 Å². The lowest BCUT2D eigenvalue weighted by Crippen LogP contribution is -2.04. The average molecular weight is 254 g/mol. The summed E-state index contributed by atoms with van der Waals surface area (Å²) >= 11 is 0. The summed E-state index contributed by atoms with van der Waals surface area (Å²) in [5.74, 6) is 1.33. The smallest absolute Gasteiger partial charge is 0.245 e. The maximum absolute atomic E-state index is 5.84. The van der Waals surface area contributed by atoms with Gasteiger partial charge in [0.05, 0.1) is 6.20 Å². The molecule has 96 valence electrons. The van der Waals surface area contributed by atoms with E-state index in [2.05, 4.69) is 21.5 Å². The summed E-state index contributed by atoms with van der Waals surface area (Å²) < 4.78 is 7.57. The van der Waals surface area contributed by atoms with Gasteiger partial charge < -0.3 is 10.1 Å². The summed E-state index contributed by atoms with van der Waals surface area (Å²) in [4.78, 5) is 4.25. The Morgan fingerprint density at radius 3 is 3.11 bits per heavy atom. The summed E-state index contributed by atoms with van der Waals surface area (Å²) in [6.45, 7) is 0.807. The van der Waals surface area contributed by atoms with Gasteiger partial charge in [-0.05, 0) is 30.8 Å². The van der Waals surface area contributed by atoms with E-state index in [1.807, 2.05) is 31.3 Å². The van der Waals surface area contributed by atoms with Crippen LogP contribution in [0.5, 0.6) is 11.6 Å². The molecule has 0 bridgehead atoms. The van der Waals surface area contributed by atoms with Crippen LogP contribution in [0.1, 0.15) is 5.56 Å². The molecular formula is C14H14N4O. The number of fused-ring (bicyclic) bond motifs is 1. The Bertz CT molecular complexity index is 692. The molecule has 0 atom stereocenters. The number of benzene rings is 1. The number of nitrogens with zero attached hydrogens (tertiary/aromatic N) is 3. The second-order valence-corrected chi connectivity index (χ2v) is 4.17. The summed E-state index contributed by atoms with van der Waals surface area (Å²) in [7, 11) is 1.92. The van der Waals surface area contributed by atoms with Crippen LogP contribution in [0, 0.1) is 0 Å². The number of nitrogens with one attached hydrogen (secondary N) is 1. The topological polar surface area (TPSA) is 51.5 Å². The molecule has 19 heavy (non-hydrogen) atoms. The molecule has 0 saturated heterocycles. The molecular weight excluding hydrogens is 240 g/mol. The highest BCUT2D eigenvalue weighted by Crippen LogP contribution is 2.24. The lowest BCUT2D eigenvalue weighted by Gasteiger charge is -2.07. The summed E-state index contributed by atoms with van der Waals surface area (Å²) in [6.07, 6.45) is 5.19. The number of ether oxygens (including phenoxy) is 1. The van der Waals surface area contributed by atoms with Gasteiger partial charge in [-0.2, -0.15) is 5.10 Å². The second kappa shape index (κ2) is 5.07. The van der Waals surface area contributed by atoms with Gasteiger partial charge in [-0.15, -0.1) is 0 Å². The van der Waals surface area contributed by atoms with Crippen molar-refractivity contribution < 1.29 is 4.74 Å². The number of rotatable bonds is 4. The highest BCUT2D eigenvalue weighted by Gasteiger charge is 2.06. The van der Waals surface area contributed by atoms with Crippen LogP contribution in [0.15, 0.2) is 48.9 Å². The number of hydrogen-bond acceptors (Lipinski definition) is 4. The van der Waals surface area contributed by atoms with Crippen molar-refractivity contribution in [2.75, 3.05) is 7.05 Å². The quantitative estimate of drug-likeness (QED) is 0.775. The van der Waals surface area contributed by atoms with Crippen LogP contribution in [0.2, 0.25) is 0 Å². The molecule has 2 aromatic heterocycles. The Morgan fingerprint density at radius 1 is 1.26 bits per heavy atom. The Morgan fingerprint density at radius 2 is 2.21 bits per heavy atom. The van der Waals surface area contributed by atoms with E-state index >= 15 is 0 Å². The summed E-state index contributed by atoms with van der Waals surface area (Å²) in [6, 6.07) is 9.81. The normalized spacial score (nSPS) is 10.8. The minimum Gasteiger partial charge on any atom is -0.437 e. The molecule has 0 radical (unpaired) electrons. The zero-order valence-electron chi connectivity index (χ0n) is 10.6. The van der Waals surface area contributed by atoms with E-state index in [-0.39, 0.29) is 0 Å². The molecule has 0 amide bonds.